The Hall–Kier alpha value is -3.15. The highest BCUT2D eigenvalue weighted by Crippen LogP contribution is 2.25. The number of aromatic carboxylic acids is 1. The number of benzene rings is 1. The number of carboxylic acid groups (broad SMARTS) is 1. The number of anilines is 2. The number of aryl methyl sites for hydroxylation is 2. The van der Waals surface area contributed by atoms with E-state index in [1.807, 2.05) is 44.2 Å². The molecule has 2 aromatic heterocycles. The van der Waals surface area contributed by atoms with E-state index < -0.39 is 11.5 Å². The van der Waals surface area contributed by atoms with E-state index in [-0.39, 0.29) is 11.4 Å². The maximum atomic E-state index is 12.7. The van der Waals surface area contributed by atoms with E-state index in [1.165, 1.54) is 10.6 Å². The van der Waals surface area contributed by atoms with Crippen LogP contribution in [0.25, 0.3) is 5.65 Å². The van der Waals surface area contributed by atoms with Crippen LogP contribution < -0.4 is 10.5 Å². The van der Waals surface area contributed by atoms with Gasteiger partial charge in [-0.2, -0.15) is 0 Å². The molecule has 0 amide bonds. The Labute approximate surface area is 138 Å². The minimum atomic E-state index is -1.29. The Bertz CT molecular complexity index is 1010. The van der Waals surface area contributed by atoms with E-state index in [2.05, 4.69) is 4.98 Å². The van der Waals surface area contributed by atoms with E-state index in [9.17, 15) is 14.7 Å². The van der Waals surface area contributed by atoms with Crippen LogP contribution in [0.3, 0.4) is 0 Å². The fourth-order valence-electron chi connectivity index (χ4n) is 2.68. The average Bonchev–Trinajstić information content (AvgIpc) is 2.54. The molecular weight excluding hydrogens is 306 g/mol. The van der Waals surface area contributed by atoms with Crippen molar-refractivity contribution in [3.05, 3.63) is 69.6 Å². The maximum absolute atomic E-state index is 12.7. The molecule has 122 valence electrons. The minimum Gasteiger partial charge on any atom is -0.477 e. The van der Waals surface area contributed by atoms with Gasteiger partial charge in [0.2, 0.25) is 0 Å². The molecule has 0 saturated heterocycles. The zero-order valence-corrected chi connectivity index (χ0v) is 13.6. The average molecular weight is 323 g/mol. The molecule has 0 aliphatic heterocycles. The molecule has 0 radical (unpaired) electrons. The molecular formula is C18H17N3O3. The van der Waals surface area contributed by atoms with Gasteiger partial charge in [0.1, 0.15) is 5.65 Å². The molecule has 0 unspecified atom stereocenters. The number of nitrogens with zero attached hydrogens (tertiary/aromatic N) is 3. The lowest BCUT2D eigenvalue weighted by atomic mass is 10.2. The van der Waals surface area contributed by atoms with Gasteiger partial charge in [-0.15, -0.1) is 0 Å². The largest absolute Gasteiger partial charge is 0.477 e. The summed E-state index contributed by atoms with van der Waals surface area (Å²) in [6.45, 7) is 3.78. The van der Waals surface area contributed by atoms with Gasteiger partial charge in [0.25, 0.3) is 5.56 Å². The fraction of sp³-hybridized carbons (Fsp3) is 0.167. The second-order valence-corrected chi connectivity index (χ2v) is 5.70. The molecule has 0 fully saturated rings. The number of carboxylic acids is 1. The molecule has 1 N–H and O–H groups in total. The third kappa shape index (κ3) is 2.52. The summed E-state index contributed by atoms with van der Waals surface area (Å²) in [4.78, 5) is 30.5. The number of pyridine rings is 1. The molecule has 6 nitrogen and oxygen atoms in total. The molecule has 2 heterocycles. The number of rotatable bonds is 3. The van der Waals surface area contributed by atoms with Crippen molar-refractivity contribution in [3.63, 3.8) is 0 Å². The Morgan fingerprint density at radius 2 is 1.96 bits per heavy atom. The molecule has 0 atom stereocenters. The highest BCUT2D eigenvalue weighted by Gasteiger charge is 2.23. The Kier molecular flexibility index (Phi) is 3.81. The summed E-state index contributed by atoms with van der Waals surface area (Å²) in [6.07, 6.45) is 1.53. The predicted molar refractivity (Wildman–Crippen MR) is 92.4 cm³/mol. The standard InChI is InChI=1S/C18H17N3O3/c1-11-6-4-8-13(10-11)20(3)16-14(18(23)24)17(22)21-9-5-7-12(2)15(21)19-16/h4-10H,1-3H3,(H,23,24). The lowest BCUT2D eigenvalue weighted by molar-refractivity contribution is 0.0695. The van der Waals surface area contributed by atoms with E-state index in [0.29, 0.717) is 5.65 Å². The van der Waals surface area contributed by atoms with Crippen molar-refractivity contribution in [3.8, 4) is 0 Å². The third-order valence-electron chi connectivity index (χ3n) is 3.95. The fourth-order valence-corrected chi connectivity index (χ4v) is 2.68. The van der Waals surface area contributed by atoms with Crippen LogP contribution >= 0.6 is 0 Å². The van der Waals surface area contributed by atoms with Crippen molar-refractivity contribution in [2.75, 3.05) is 11.9 Å². The van der Waals surface area contributed by atoms with Gasteiger partial charge in [-0.05, 0) is 43.2 Å². The summed E-state index contributed by atoms with van der Waals surface area (Å²) in [5.74, 6) is -1.16. The van der Waals surface area contributed by atoms with Gasteiger partial charge >= 0.3 is 5.97 Å². The number of carbonyl (C=O) groups is 1. The van der Waals surface area contributed by atoms with Crippen LogP contribution in [0.5, 0.6) is 0 Å². The van der Waals surface area contributed by atoms with Crippen LogP contribution in [-0.4, -0.2) is 27.5 Å². The van der Waals surface area contributed by atoms with Gasteiger partial charge in [-0.25, -0.2) is 9.78 Å². The van der Waals surface area contributed by atoms with Crippen LogP contribution in [-0.2, 0) is 0 Å². The molecule has 0 saturated carbocycles. The summed E-state index contributed by atoms with van der Waals surface area (Å²) < 4.78 is 1.27. The van der Waals surface area contributed by atoms with E-state index >= 15 is 0 Å². The number of hydrogen-bond acceptors (Lipinski definition) is 4. The molecule has 0 aliphatic rings. The molecule has 0 aliphatic carbocycles. The first kappa shape index (κ1) is 15.7. The zero-order valence-electron chi connectivity index (χ0n) is 13.6. The Morgan fingerprint density at radius 3 is 2.62 bits per heavy atom. The number of hydrogen-bond donors (Lipinski definition) is 1. The third-order valence-corrected chi connectivity index (χ3v) is 3.95. The van der Waals surface area contributed by atoms with Crippen molar-refractivity contribution in [1.29, 1.82) is 0 Å². The summed E-state index contributed by atoms with van der Waals surface area (Å²) in [5.41, 5.74) is 2.10. The van der Waals surface area contributed by atoms with Crippen molar-refractivity contribution >= 4 is 23.1 Å². The topological polar surface area (TPSA) is 74.9 Å². The highest BCUT2D eigenvalue weighted by atomic mass is 16.4. The molecule has 3 rings (SSSR count). The normalized spacial score (nSPS) is 10.8. The number of aromatic nitrogens is 2. The first-order valence-corrected chi connectivity index (χ1v) is 7.46. The Balaban J connectivity index is 2.34. The van der Waals surface area contributed by atoms with Crippen LogP contribution in [0, 0.1) is 13.8 Å². The monoisotopic (exact) mass is 323 g/mol. The van der Waals surface area contributed by atoms with Crippen LogP contribution in [0.15, 0.2) is 47.4 Å². The van der Waals surface area contributed by atoms with Gasteiger partial charge in [0.15, 0.2) is 11.4 Å². The van der Waals surface area contributed by atoms with Crippen molar-refractivity contribution < 1.29 is 9.90 Å². The molecule has 1 aromatic carbocycles. The van der Waals surface area contributed by atoms with E-state index in [0.717, 1.165) is 16.8 Å². The summed E-state index contributed by atoms with van der Waals surface area (Å²) in [7, 11) is 1.71. The predicted octanol–water partition coefficient (Wildman–Crippen LogP) is 2.78. The van der Waals surface area contributed by atoms with Gasteiger partial charge in [-0.1, -0.05) is 18.2 Å². The number of fused-ring (bicyclic) bond motifs is 1. The second kappa shape index (κ2) is 5.81. The molecule has 0 spiro atoms. The van der Waals surface area contributed by atoms with Gasteiger partial charge in [0.05, 0.1) is 0 Å². The smallest absolute Gasteiger partial charge is 0.345 e. The lowest BCUT2D eigenvalue weighted by Crippen LogP contribution is -2.28. The van der Waals surface area contributed by atoms with Crippen LogP contribution in [0.2, 0.25) is 0 Å². The second-order valence-electron chi connectivity index (χ2n) is 5.70. The highest BCUT2D eigenvalue weighted by molar-refractivity contribution is 5.94. The van der Waals surface area contributed by atoms with Gasteiger partial charge in [0, 0.05) is 18.9 Å². The first-order valence-electron chi connectivity index (χ1n) is 7.46. The summed E-state index contributed by atoms with van der Waals surface area (Å²) >= 11 is 0. The molecule has 0 bridgehead atoms. The zero-order chi connectivity index (χ0) is 17.4. The van der Waals surface area contributed by atoms with Crippen LogP contribution in [0.4, 0.5) is 11.5 Å². The summed E-state index contributed by atoms with van der Waals surface area (Å²) in [6, 6.07) is 11.1. The first-order chi connectivity index (χ1) is 11.4. The quantitative estimate of drug-likeness (QED) is 0.802. The molecule has 3 aromatic rings. The van der Waals surface area contributed by atoms with Crippen LogP contribution in [0.1, 0.15) is 21.5 Å². The van der Waals surface area contributed by atoms with Gasteiger partial charge in [-0.3, -0.25) is 9.20 Å². The van der Waals surface area contributed by atoms with E-state index in [1.54, 1.807) is 18.0 Å². The van der Waals surface area contributed by atoms with Crippen molar-refractivity contribution in [2.45, 2.75) is 13.8 Å². The van der Waals surface area contributed by atoms with E-state index in [4.69, 9.17) is 0 Å². The Morgan fingerprint density at radius 1 is 1.21 bits per heavy atom. The SMILES string of the molecule is Cc1cccc(N(C)c2nc3c(C)cccn3c(=O)c2C(=O)O)c1. The lowest BCUT2D eigenvalue weighted by Gasteiger charge is -2.21. The molecule has 24 heavy (non-hydrogen) atoms. The molecule has 6 heteroatoms. The maximum Gasteiger partial charge on any atom is 0.345 e. The minimum absolute atomic E-state index is 0.132. The van der Waals surface area contributed by atoms with Gasteiger partial charge < -0.3 is 10.0 Å². The van der Waals surface area contributed by atoms with Crippen molar-refractivity contribution in [1.82, 2.24) is 9.38 Å². The van der Waals surface area contributed by atoms with Crippen molar-refractivity contribution in [2.24, 2.45) is 0 Å². The summed E-state index contributed by atoms with van der Waals surface area (Å²) in [5, 5.41) is 9.55.